The number of hydrogen-bond donors (Lipinski definition) is 1. The monoisotopic (exact) mass is 281 g/mol. The van der Waals surface area contributed by atoms with Gasteiger partial charge in [-0.1, -0.05) is 11.3 Å². The van der Waals surface area contributed by atoms with E-state index in [1.54, 1.807) is 6.20 Å². The normalized spacial score (nSPS) is 14.3. The van der Waals surface area contributed by atoms with Crippen LogP contribution in [0.5, 0.6) is 5.19 Å². The predicted molar refractivity (Wildman–Crippen MR) is 74.3 cm³/mol. The molecule has 19 heavy (non-hydrogen) atoms. The minimum Gasteiger partial charge on any atom is -0.469 e. The minimum atomic E-state index is 0.286. The SMILES string of the molecule is CCOc1nnc(CN[C@@H](C)[C@@H](C)n2cccn2)s1. The summed E-state index contributed by atoms with van der Waals surface area (Å²) in [5.74, 6) is 0. The maximum Gasteiger partial charge on any atom is 0.294 e. The molecule has 0 fully saturated rings. The molecule has 0 spiro atoms. The second-order valence-corrected chi connectivity index (χ2v) is 5.32. The van der Waals surface area contributed by atoms with Crippen LogP contribution in [0.25, 0.3) is 0 Å². The van der Waals surface area contributed by atoms with Gasteiger partial charge in [-0.15, -0.1) is 10.2 Å². The van der Waals surface area contributed by atoms with Crippen LogP contribution in [0.15, 0.2) is 18.5 Å². The Morgan fingerprint density at radius 3 is 2.95 bits per heavy atom. The molecule has 104 valence electrons. The molecule has 0 amide bonds. The van der Waals surface area contributed by atoms with Crippen molar-refractivity contribution in [1.29, 1.82) is 0 Å². The van der Waals surface area contributed by atoms with Crippen LogP contribution < -0.4 is 10.1 Å². The molecule has 0 aliphatic carbocycles. The average molecular weight is 281 g/mol. The molecule has 0 bridgehead atoms. The summed E-state index contributed by atoms with van der Waals surface area (Å²) in [6.07, 6.45) is 3.77. The fraction of sp³-hybridized carbons (Fsp3) is 0.583. The zero-order chi connectivity index (χ0) is 13.7. The van der Waals surface area contributed by atoms with E-state index in [4.69, 9.17) is 4.74 Å². The zero-order valence-corrected chi connectivity index (χ0v) is 12.2. The highest BCUT2D eigenvalue weighted by molar-refractivity contribution is 7.13. The van der Waals surface area contributed by atoms with Gasteiger partial charge in [-0.05, 0) is 26.8 Å². The van der Waals surface area contributed by atoms with Gasteiger partial charge in [0.15, 0.2) is 0 Å². The van der Waals surface area contributed by atoms with Crippen LogP contribution in [0.3, 0.4) is 0 Å². The molecular formula is C12H19N5OS. The molecule has 0 saturated heterocycles. The van der Waals surface area contributed by atoms with Crippen LogP contribution in [0.1, 0.15) is 31.8 Å². The lowest BCUT2D eigenvalue weighted by atomic mass is 10.2. The first-order chi connectivity index (χ1) is 9.20. The predicted octanol–water partition coefficient (Wildman–Crippen LogP) is 1.87. The Balaban J connectivity index is 1.84. The summed E-state index contributed by atoms with van der Waals surface area (Å²) in [5, 5.41) is 17.3. The number of nitrogens with zero attached hydrogens (tertiary/aromatic N) is 4. The van der Waals surface area contributed by atoms with Crippen LogP contribution in [-0.2, 0) is 6.54 Å². The third-order valence-corrected chi connectivity index (χ3v) is 3.79. The Morgan fingerprint density at radius 1 is 1.42 bits per heavy atom. The summed E-state index contributed by atoms with van der Waals surface area (Å²) in [5.41, 5.74) is 0. The van der Waals surface area contributed by atoms with Crippen LogP contribution in [0, 0.1) is 0 Å². The Labute approximate surface area is 116 Å². The van der Waals surface area contributed by atoms with E-state index in [9.17, 15) is 0 Å². The lowest BCUT2D eigenvalue weighted by Crippen LogP contribution is -2.33. The summed E-state index contributed by atoms with van der Waals surface area (Å²) in [4.78, 5) is 0. The van der Waals surface area contributed by atoms with Gasteiger partial charge in [-0.3, -0.25) is 4.68 Å². The molecule has 0 aromatic carbocycles. The molecule has 0 aliphatic heterocycles. The van der Waals surface area contributed by atoms with Crippen molar-refractivity contribution < 1.29 is 4.74 Å². The Bertz CT molecular complexity index is 484. The topological polar surface area (TPSA) is 64.9 Å². The van der Waals surface area contributed by atoms with Gasteiger partial charge >= 0.3 is 0 Å². The highest BCUT2D eigenvalue weighted by Gasteiger charge is 2.14. The fourth-order valence-corrected chi connectivity index (χ4v) is 2.36. The number of nitrogens with one attached hydrogen (secondary N) is 1. The summed E-state index contributed by atoms with van der Waals surface area (Å²) < 4.78 is 7.25. The van der Waals surface area contributed by atoms with Crippen molar-refractivity contribution in [2.45, 2.75) is 39.4 Å². The lowest BCUT2D eigenvalue weighted by molar-refractivity contribution is 0.335. The van der Waals surface area contributed by atoms with Crippen molar-refractivity contribution in [3.63, 3.8) is 0 Å². The largest absolute Gasteiger partial charge is 0.469 e. The molecule has 2 atom stereocenters. The van der Waals surface area contributed by atoms with E-state index in [1.165, 1.54) is 11.3 Å². The molecule has 2 rings (SSSR count). The standard InChI is InChI=1S/C12H19N5OS/c1-4-18-12-16-15-11(19-12)8-13-9(2)10(3)17-7-5-6-14-17/h5-7,9-10,13H,4,8H2,1-3H3/t9-,10+/m0/s1. The van der Waals surface area contributed by atoms with E-state index >= 15 is 0 Å². The van der Waals surface area contributed by atoms with Gasteiger partial charge in [0.05, 0.1) is 19.2 Å². The Hall–Kier alpha value is -1.47. The van der Waals surface area contributed by atoms with E-state index in [0.717, 1.165) is 5.01 Å². The Morgan fingerprint density at radius 2 is 2.26 bits per heavy atom. The van der Waals surface area contributed by atoms with Crippen molar-refractivity contribution in [3.8, 4) is 5.19 Å². The van der Waals surface area contributed by atoms with E-state index in [0.29, 0.717) is 24.4 Å². The molecule has 0 saturated carbocycles. The third-order valence-electron chi connectivity index (χ3n) is 2.96. The molecule has 1 N–H and O–H groups in total. The highest BCUT2D eigenvalue weighted by atomic mass is 32.1. The van der Waals surface area contributed by atoms with E-state index in [2.05, 4.69) is 34.5 Å². The van der Waals surface area contributed by atoms with E-state index in [1.807, 2.05) is 23.9 Å². The molecule has 7 heteroatoms. The maximum atomic E-state index is 5.30. The van der Waals surface area contributed by atoms with Gasteiger partial charge in [0.1, 0.15) is 5.01 Å². The second kappa shape index (κ2) is 6.63. The van der Waals surface area contributed by atoms with Gasteiger partial charge < -0.3 is 10.1 Å². The molecule has 0 unspecified atom stereocenters. The number of ether oxygens (including phenoxy) is 1. The molecule has 2 heterocycles. The highest BCUT2D eigenvalue weighted by Crippen LogP contribution is 2.18. The van der Waals surface area contributed by atoms with Crippen molar-refractivity contribution >= 4 is 11.3 Å². The van der Waals surface area contributed by atoms with Gasteiger partial charge in [0.25, 0.3) is 5.19 Å². The summed E-state index contributed by atoms with van der Waals surface area (Å²) >= 11 is 1.48. The maximum absolute atomic E-state index is 5.30. The first kappa shape index (κ1) is 14.0. The Kier molecular flexibility index (Phi) is 4.86. The summed E-state index contributed by atoms with van der Waals surface area (Å²) in [7, 11) is 0. The first-order valence-electron chi connectivity index (χ1n) is 6.38. The summed E-state index contributed by atoms with van der Waals surface area (Å²) in [6, 6.07) is 2.51. The quantitative estimate of drug-likeness (QED) is 0.839. The number of rotatable bonds is 7. The third kappa shape index (κ3) is 3.74. The van der Waals surface area contributed by atoms with Gasteiger partial charge in [-0.2, -0.15) is 5.10 Å². The number of hydrogen-bond acceptors (Lipinski definition) is 6. The van der Waals surface area contributed by atoms with Gasteiger partial charge in [0.2, 0.25) is 0 Å². The van der Waals surface area contributed by atoms with Crippen LogP contribution in [0.2, 0.25) is 0 Å². The first-order valence-corrected chi connectivity index (χ1v) is 7.20. The van der Waals surface area contributed by atoms with Crippen LogP contribution in [-0.4, -0.2) is 32.6 Å². The van der Waals surface area contributed by atoms with Crippen molar-refractivity contribution in [2.75, 3.05) is 6.61 Å². The molecule has 0 aliphatic rings. The molecular weight excluding hydrogens is 262 g/mol. The summed E-state index contributed by atoms with van der Waals surface area (Å²) in [6.45, 7) is 7.52. The molecule has 6 nitrogen and oxygen atoms in total. The molecule has 2 aromatic heterocycles. The lowest BCUT2D eigenvalue weighted by Gasteiger charge is -2.21. The van der Waals surface area contributed by atoms with Crippen molar-refractivity contribution in [1.82, 2.24) is 25.3 Å². The fourth-order valence-electron chi connectivity index (χ4n) is 1.66. The minimum absolute atomic E-state index is 0.286. The van der Waals surface area contributed by atoms with E-state index in [-0.39, 0.29) is 6.04 Å². The molecule has 2 aromatic rings. The van der Waals surface area contributed by atoms with Crippen molar-refractivity contribution in [2.24, 2.45) is 0 Å². The van der Waals surface area contributed by atoms with Gasteiger partial charge in [0, 0.05) is 18.4 Å². The van der Waals surface area contributed by atoms with Crippen LogP contribution >= 0.6 is 11.3 Å². The van der Waals surface area contributed by atoms with Crippen molar-refractivity contribution in [3.05, 3.63) is 23.5 Å². The van der Waals surface area contributed by atoms with E-state index < -0.39 is 0 Å². The number of aromatic nitrogens is 4. The smallest absolute Gasteiger partial charge is 0.294 e. The van der Waals surface area contributed by atoms with Crippen LogP contribution in [0.4, 0.5) is 0 Å². The molecule has 0 radical (unpaired) electrons. The second-order valence-electron chi connectivity index (χ2n) is 4.29. The average Bonchev–Trinajstić information content (AvgIpc) is 3.06. The van der Waals surface area contributed by atoms with Gasteiger partial charge in [-0.25, -0.2) is 0 Å². The zero-order valence-electron chi connectivity index (χ0n) is 11.4.